The lowest BCUT2D eigenvalue weighted by Crippen LogP contribution is -1.96. The van der Waals surface area contributed by atoms with Crippen molar-refractivity contribution in [2.24, 2.45) is 5.73 Å². The average molecular weight is 268 g/mol. The number of benzene rings is 1. The number of rotatable bonds is 2. The van der Waals surface area contributed by atoms with Crippen LogP contribution in [0.2, 0.25) is 5.02 Å². The molecule has 3 rings (SSSR count). The van der Waals surface area contributed by atoms with Gasteiger partial charge in [-0.3, -0.25) is 0 Å². The smallest absolute Gasteiger partial charge is 0.240 e. The van der Waals surface area contributed by atoms with E-state index in [9.17, 15) is 0 Å². The van der Waals surface area contributed by atoms with Gasteiger partial charge in [0.25, 0.3) is 0 Å². The highest BCUT2D eigenvalue weighted by Gasteiger charge is 2.24. The summed E-state index contributed by atoms with van der Waals surface area (Å²) in [5.41, 5.74) is 7.03. The molecule has 0 unspecified atom stereocenters. The second-order valence-electron chi connectivity index (χ2n) is 3.81. The van der Waals surface area contributed by atoms with E-state index in [4.69, 9.17) is 31.3 Å². The summed E-state index contributed by atoms with van der Waals surface area (Å²) in [6, 6.07) is 1.73. The minimum atomic E-state index is 0.166. The van der Waals surface area contributed by atoms with E-state index in [-0.39, 0.29) is 13.3 Å². The third kappa shape index (κ3) is 1.61. The molecule has 0 saturated heterocycles. The first-order valence-electron chi connectivity index (χ1n) is 5.32. The Morgan fingerprint density at radius 2 is 2.17 bits per heavy atom. The molecule has 1 aliphatic rings. The maximum atomic E-state index is 6.12. The third-order valence-corrected chi connectivity index (χ3v) is 3.01. The Kier molecular flexibility index (Phi) is 2.61. The Morgan fingerprint density at radius 1 is 1.39 bits per heavy atom. The molecule has 0 spiro atoms. The lowest BCUT2D eigenvalue weighted by molar-refractivity contribution is 0.173. The number of hydrogen-bond donors (Lipinski definition) is 1. The van der Waals surface area contributed by atoms with Crippen molar-refractivity contribution in [1.29, 1.82) is 0 Å². The van der Waals surface area contributed by atoms with E-state index in [0.29, 0.717) is 28.2 Å². The van der Waals surface area contributed by atoms with E-state index in [1.54, 1.807) is 6.07 Å². The summed E-state index contributed by atoms with van der Waals surface area (Å²) in [6.45, 7) is 2.25. The maximum absolute atomic E-state index is 6.12. The molecule has 2 heterocycles. The van der Waals surface area contributed by atoms with E-state index in [1.807, 2.05) is 6.92 Å². The number of nitrogens with two attached hydrogens (primary N) is 1. The Hall–Kier alpha value is -1.79. The highest BCUT2D eigenvalue weighted by molar-refractivity contribution is 6.32. The van der Waals surface area contributed by atoms with Crippen LogP contribution in [0, 0.1) is 6.92 Å². The van der Waals surface area contributed by atoms with E-state index in [2.05, 4.69) is 10.1 Å². The van der Waals surface area contributed by atoms with Crippen molar-refractivity contribution < 1.29 is 14.0 Å². The Morgan fingerprint density at radius 3 is 2.89 bits per heavy atom. The zero-order chi connectivity index (χ0) is 12.7. The minimum Gasteiger partial charge on any atom is -0.453 e. The van der Waals surface area contributed by atoms with Gasteiger partial charge in [-0.1, -0.05) is 16.8 Å². The predicted molar refractivity (Wildman–Crippen MR) is 63.5 cm³/mol. The predicted octanol–water partition coefficient (Wildman–Crippen LogP) is 1.89. The van der Waals surface area contributed by atoms with Crippen LogP contribution in [0.4, 0.5) is 0 Å². The van der Waals surface area contributed by atoms with Crippen LogP contribution in [-0.2, 0) is 6.54 Å². The second-order valence-corrected chi connectivity index (χ2v) is 4.22. The summed E-state index contributed by atoms with van der Waals surface area (Å²) in [5, 5.41) is 4.32. The van der Waals surface area contributed by atoms with Crippen molar-refractivity contribution in [3.8, 4) is 22.9 Å². The number of ether oxygens (including phenoxy) is 2. The molecule has 2 N–H and O–H groups in total. The van der Waals surface area contributed by atoms with Crippen molar-refractivity contribution in [2.75, 3.05) is 6.79 Å². The lowest BCUT2D eigenvalue weighted by Gasteiger charge is -2.06. The van der Waals surface area contributed by atoms with Crippen molar-refractivity contribution in [2.45, 2.75) is 13.5 Å². The Balaban J connectivity index is 2.15. The topological polar surface area (TPSA) is 83.4 Å². The number of halogens is 1. The van der Waals surface area contributed by atoms with E-state index >= 15 is 0 Å². The fourth-order valence-electron chi connectivity index (χ4n) is 1.84. The van der Waals surface area contributed by atoms with Crippen LogP contribution >= 0.6 is 11.6 Å². The summed E-state index contributed by atoms with van der Waals surface area (Å²) in [5.74, 6) is 1.99. The SMILES string of the molecule is Cc1c(-c2noc(CN)n2)cc(Cl)c2c1OCO2. The molecule has 0 amide bonds. The summed E-state index contributed by atoms with van der Waals surface area (Å²) in [4.78, 5) is 4.17. The first kappa shape index (κ1) is 11.3. The molecule has 1 aromatic heterocycles. The second kappa shape index (κ2) is 4.15. The first-order valence-corrected chi connectivity index (χ1v) is 5.70. The van der Waals surface area contributed by atoms with Gasteiger partial charge in [0.15, 0.2) is 11.5 Å². The molecule has 0 atom stereocenters. The summed E-state index contributed by atoms with van der Waals surface area (Å²) >= 11 is 6.12. The standard InChI is InChI=1S/C11H10ClN3O3/c1-5-6(11-14-8(3-13)18-15-11)2-7(12)10-9(5)16-4-17-10/h2H,3-4,13H2,1H3. The molecule has 94 valence electrons. The van der Waals surface area contributed by atoms with E-state index in [1.165, 1.54) is 0 Å². The quantitative estimate of drug-likeness (QED) is 0.894. The molecule has 0 bridgehead atoms. The van der Waals surface area contributed by atoms with E-state index < -0.39 is 0 Å². The molecular weight excluding hydrogens is 258 g/mol. The normalized spacial score (nSPS) is 13.1. The largest absolute Gasteiger partial charge is 0.453 e. The molecule has 7 heteroatoms. The van der Waals surface area contributed by atoms with Gasteiger partial charge in [-0.05, 0) is 13.0 Å². The van der Waals surface area contributed by atoms with Crippen LogP contribution in [0.15, 0.2) is 10.6 Å². The Bertz CT molecular complexity index is 612. The monoisotopic (exact) mass is 267 g/mol. The van der Waals surface area contributed by atoms with Crippen molar-refractivity contribution in [3.63, 3.8) is 0 Å². The summed E-state index contributed by atoms with van der Waals surface area (Å²) in [7, 11) is 0. The minimum absolute atomic E-state index is 0.166. The summed E-state index contributed by atoms with van der Waals surface area (Å²) in [6.07, 6.45) is 0. The summed E-state index contributed by atoms with van der Waals surface area (Å²) < 4.78 is 15.7. The average Bonchev–Trinajstić information content (AvgIpc) is 3.01. The molecule has 0 radical (unpaired) electrons. The van der Waals surface area contributed by atoms with Gasteiger partial charge in [-0.2, -0.15) is 4.98 Å². The first-order chi connectivity index (χ1) is 8.70. The molecule has 1 aliphatic heterocycles. The van der Waals surface area contributed by atoms with Gasteiger partial charge in [0.1, 0.15) is 0 Å². The van der Waals surface area contributed by atoms with Gasteiger partial charge in [0.2, 0.25) is 18.5 Å². The van der Waals surface area contributed by atoms with Crippen molar-refractivity contribution in [1.82, 2.24) is 10.1 Å². The van der Waals surface area contributed by atoms with Gasteiger partial charge >= 0.3 is 0 Å². The maximum Gasteiger partial charge on any atom is 0.240 e. The highest BCUT2D eigenvalue weighted by Crippen LogP contribution is 2.45. The van der Waals surface area contributed by atoms with Crippen LogP contribution < -0.4 is 15.2 Å². The van der Waals surface area contributed by atoms with Crippen LogP contribution in [-0.4, -0.2) is 16.9 Å². The number of hydrogen-bond acceptors (Lipinski definition) is 6. The van der Waals surface area contributed by atoms with Crippen molar-refractivity contribution >= 4 is 11.6 Å². The van der Waals surface area contributed by atoms with Crippen molar-refractivity contribution in [3.05, 3.63) is 22.5 Å². The van der Waals surface area contributed by atoms with Gasteiger partial charge in [0.05, 0.1) is 11.6 Å². The van der Waals surface area contributed by atoms with Gasteiger partial charge in [0, 0.05) is 11.1 Å². The van der Waals surface area contributed by atoms with Gasteiger partial charge in [-0.25, -0.2) is 0 Å². The van der Waals surface area contributed by atoms with Crippen LogP contribution in [0.5, 0.6) is 11.5 Å². The third-order valence-electron chi connectivity index (χ3n) is 2.73. The number of aromatic nitrogens is 2. The molecule has 0 saturated carbocycles. The zero-order valence-electron chi connectivity index (χ0n) is 9.57. The molecule has 18 heavy (non-hydrogen) atoms. The molecule has 0 aliphatic carbocycles. The molecular formula is C11H10ClN3O3. The van der Waals surface area contributed by atoms with Crippen LogP contribution in [0.1, 0.15) is 11.5 Å². The van der Waals surface area contributed by atoms with Gasteiger partial charge in [-0.15, -0.1) is 0 Å². The number of nitrogens with zero attached hydrogens (tertiary/aromatic N) is 2. The highest BCUT2D eigenvalue weighted by atomic mass is 35.5. The molecule has 0 fully saturated rings. The fourth-order valence-corrected chi connectivity index (χ4v) is 2.09. The van der Waals surface area contributed by atoms with Crippen LogP contribution in [0.25, 0.3) is 11.4 Å². The Labute approximate surface area is 108 Å². The molecule has 6 nitrogen and oxygen atoms in total. The zero-order valence-corrected chi connectivity index (χ0v) is 10.3. The van der Waals surface area contributed by atoms with E-state index in [0.717, 1.165) is 11.1 Å². The molecule has 1 aromatic carbocycles. The fraction of sp³-hybridized carbons (Fsp3) is 0.273. The van der Waals surface area contributed by atoms with Gasteiger partial charge < -0.3 is 19.7 Å². The number of fused-ring (bicyclic) bond motifs is 1. The lowest BCUT2D eigenvalue weighted by atomic mass is 10.1. The molecule has 2 aromatic rings. The van der Waals surface area contributed by atoms with Crippen LogP contribution in [0.3, 0.4) is 0 Å².